The monoisotopic (exact) mass is 516 g/mol. The number of likely N-dealkylation sites (tertiary alicyclic amines) is 1. The van der Waals surface area contributed by atoms with Gasteiger partial charge in [0.25, 0.3) is 0 Å². The molecule has 0 aliphatic carbocycles. The van der Waals surface area contributed by atoms with Gasteiger partial charge < -0.3 is 5.11 Å². The standard InChI is InChI=1S/C26H24F4N4O3/c27-23-19-13-18(34-10-7-22(35)32-24(34)36)14-31-21(19)6-5-20(23)25(37)8-11-33(12-9-25)15-16-1-3-17(4-2-16)26(28,29)30/h1-6,13-14,37H,7-12,15H2,(H,32,35,36). The van der Waals surface area contributed by atoms with Crippen LogP contribution in [0.3, 0.4) is 0 Å². The lowest BCUT2D eigenvalue weighted by molar-refractivity contribution is -0.137. The van der Waals surface area contributed by atoms with Gasteiger partial charge >= 0.3 is 12.2 Å². The van der Waals surface area contributed by atoms with Gasteiger partial charge in [-0.05, 0) is 42.7 Å². The first-order valence-electron chi connectivity index (χ1n) is 11.8. The van der Waals surface area contributed by atoms with Crippen molar-refractivity contribution in [1.29, 1.82) is 0 Å². The number of aromatic nitrogens is 1. The lowest BCUT2D eigenvalue weighted by Crippen LogP contribution is -2.49. The predicted octanol–water partition coefficient (Wildman–Crippen LogP) is 4.32. The Morgan fingerprint density at radius 2 is 1.73 bits per heavy atom. The van der Waals surface area contributed by atoms with Crippen LogP contribution in [-0.2, 0) is 23.1 Å². The van der Waals surface area contributed by atoms with Crippen molar-refractivity contribution in [3.63, 3.8) is 0 Å². The zero-order chi connectivity index (χ0) is 26.4. The van der Waals surface area contributed by atoms with E-state index in [9.17, 15) is 27.9 Å². The van der Waals surface area contributed by atoms with Crippen LogP contribution in [0.2, 0.25) is 0 Å². The predicted molar refractivity (Wildman–Crippen MR) is 127 cm³/mol. The molecule has 5 rings (SSSR count). The van der Waals surface area contributed by atoms with E-state index < -0.39 is 29.2 Å². The van der Waals surface area contributed by atoms with Gasteiger partial charge in [0.2, 0.25) is 5.91 Å². The molecular formula is C26H24F4N4O3. The number of piperidine rings is 1. The number of pyridine rings is 1. The van der Waals surface area contributed by atoms with Gasteiger partial charge in [0, 0.05) is 43.5 Å². The maximum atomic E-state index is 15.7. The first-order chi connectivity index (χ1) is 17.5. The fourth-order valence-corrected chi connectivity index (χ4v) is 4.88. The number of amides is 3. The molecule has 2 fully saturated rings. The van der Waals surface area contributed by atoms with E-state index in [1.165, 1.54) is 35.4 Å². The summed E-state index contributed by atoms with van der Waals surface area (Å²) in [5.41, 5.74) is -0.583. The van der Waals surface area contributed by atoms with Crippen LogP contribution in [0.15, 0.2) is 48.7 Å². The summed E-state index contributed by atoms with van der Waals surface area (Å²) in [7, 11) is 0. The number of rotatable bonds is 4. The van der Waals surface area contributed by atoms with Crippen LogP contribution in [0.4, 0.5) is 28.0 Å². The van der Waals surface area contributed by atoms with Crippen molar-refractivity contribution >= 4 is 28.5 Å². The van der Waals surface area contributed by atoms with Crippen LogP contribution in [0.25, 0.3) is 10.9 Å². The molecule has 11 heteroatoms. The minimum absolute atomic E-state index is 0.120. The molecule has 0 atom stereocenters. The summed E-state index contributed by atoms with van der Waals surface area (Å²) in [5, 5.41) is 13.7. The normalized spacial score (nSPS) is 18.8. The van der Waals surface area contributed by atoms with E-state index in [-0.39, 0.29) is 42.7 Å². The van der Waals surface area contributed by atoms with Crippen LogP contribution >= 0.6 is 0 Å². The summed E-state index contributed by atoms with van der Waals surface area (Å²) >= 11 is 0. The van der Waals surface area contributed by atoms with Gasteiger partial charge in [-0.3, -0.25) is 24.9 Å². The largest absolute Gasteiger partial charge is 0.416 e. The zero-order valence-electron chi connectivity index (χ0n) is 19.7. The summed E-state index contributed by atoms with van der Waals surface area (Å²) in [6, 6.07) is 8.99. The second-order valence-electron chi connectivity index (χ2n) is 9.44. The Morgan fingerprint density at radius 1 is 1.03 bits per heavy atom. The Kier molecular flexibility index (Phi) is 6.36. The smallest absolute Gasteiger partial charge is 0.385 e. The number of urea groups is 1. The fraction of sp³-hybridized carbons (Fsp3) is 0.346. The average molecular weight is 516 g/mol. The van der Waals surface area contributed by atoms with Gasteiger partial charge in [0.15, 0.2) is 0 Å². The highest BCUT2D eigenvalue weighted by atomic mass is 19.4. The molecule has 2 N–H and O–H groups in total. The Labute approximate surface area is 209 Å². The number of hydrogen-bond acceptors (Lipinski definition) is 5. The number of carbonyl (C=O) groups excluding carboxylic acids is 2. The van der Waals surface area contributed by atoms with Crippen LogP contribution in [0, 0.1) is 5.82 Å². The number of hydrogen-bond donors (Lipinski definition) is 2. The van der Waals surface area contributed by atoms with Gasteiger partial charge in [-0.2, -0.15) is 13.2 Å². The fourth-order valence-electron chi connectivity index (χ4n) is 4.88. The highest BCUT2D eigenvalue weighted by Crippen LogP contribution is 2.38. The Hall–Kier alpha value is -3.57. The molecule has 2 saturated heterocycles. The van der Waals surface area contributed by atoms with Crippen molar-refractivity contribution in [3.8, 4) is 0 Å². The number of halogens is 4. The van der Waals surface area contributed by atoms with Crippen LogP contribution in [0.5, 0.6) is 0 Å². The molecule has 2 aliphatic heterocycles. The van der Waals surface area contributed by atoms with Crippen molar-refractivity contribution in [3.05, 3.63) is 71.2 Å². The quantitative estimate of drug-likeness (QED) is 0.505. The molecular weight excluding hydrogens is 492 g/mol. The molecule has 3 aromatic rings. The molecule has 37 heavy (non-hydrogen) atoms. The minimum atomic E-state index is -4.39. The van der Waals surface area contributed by atoms with Crippen molar-refractivity contribution in [2.24, 2.45) is 0 Å². The number of aliphatic hydroxyl groups is 1. The zero-order valence-corrected chi connectivity index (χ0v) is 19.7. The third-order valence-corrected chi connectivity index (χ3v) is 7.02. The highest BCUT2D eigenvalue weighted by Gasteiger charge is 2.37. The van der Waals surface area contributed by atoms with Gasteiger partial charge in [-0.15, -0.1) is 0 Å². The highest BCUT2D eigenvalue weighted by molar-refractivity contribution is 6.06. The second-order valence-corrected chi connectivity index (χ2v) is 9.44. The molecule has 0 unspecified atom stereocenters. The van der Waals surface area contributed by atoms with Crippen molar-refractivity contribution in [2.45, 2.75) is 37.6 Å². The number of fused-ring (bicyclic) bond motifs is 1. The molecule has 1 aromatic heterocycles. The maximum Gasteiger partial charge on any atom is 0.416 e. The Morgan fingerprint density at radius 3 is 2.38 bits per heavy atom. The van der Waals surface area contributed by atoms with E-state index in [1.54, 1.807) is 6.07 Å². The van der Waals surface area contributed by atoms with E-state index >= 15 is 4.39 Å². The molecule has 3 heterocycles. The third-order valence-electron chi connectivity index (χ3n) is 7.02. The molecule has 0 saturated carbocycles. The molecule has 3 amide bonds. The third kappa shape index (κ3) is 5.01. The molecule has 194 valence electrons. The second kappa shape index (κ2) is 9.38. The van der Waals surface area contributed by atoms with Gasteiger partial charge in [-0.1, -0.05) is 18.2 Å². The summed E-state index contributed by atoms with van der Waals surface area (Å²) in [6.07, 6.45) is -2.36. The van der Waals surface area contributed by atoms with Gasteiger partial charge in [-0.25, -0.2) is 9.18 Å². The summed E-state index contributed by atoms with van der Waals surface area (Å²) < 4.78 is 54.1. The average Bonchev–Trinajstić information content (AvgIpc) is 2.85. The lowest BCUT2D eigenvalue weighted by atomic mass is 9.83. The first kappa shape index (κ1) is 25.1. The minimum Gasteiger partial charge on any atom is -0.385 e. The van der Waals surface area contributed by atoms with E-state index in [2.05, 4.69) is 10.3 Å². The van der Waals surface area contributed by atoms with Crippen molar-refractivity contribution < 1.29 is 32.3 Å². The summed E-state index contributed by atoms with van der Waals surface area (Å²) in [6.45, 7) is 1.42. The topological polar surface area (TPSA) is 85.8 Å². The Balaban J connectivity index is 1.32. The number of anilines is 1. The Bertz CT molecular complexity index is 1350. The number of alkyl halides is 3. The van der Waals surface area contributed by atoms with Crippen LogP contribution < -0.4 is 10.2 Å². The molecule has 2 aromatic carbocycles. The molecule has 0 radical (unpaired) electrons. The molecule has 0 bridgehead atoms. The van der Waals surface area contributed by atoms with Crippen molar-refractivity contribution in [2.75, 3.05) is 24.5 Å². The SMILES string of the molecule is O=C1CCN(c2cnc3ccc(C4(O)CCN(Cc5ccc(C(F)(F)F)cc5)CC4)c(F)c3c2)C(=O)N1. The number of nitrogens with zero attached hydrogens (tertiary/aromatic N) is 3. The first-order valence-corrected chi connectivity index (χ1v) is 11.8. The van der Waals surface area contributed by atoms with E-state index in [1.807, 2.05) is 4.90 Å². The summed E-state index contributed by atoms with van der Waals surface area (Å²) in [4.78, 5) is 31.2. The van der Waals surface area contributed by atoms with Crippen LogP contribution in [0.1, 0.15) is 36.0 Å². The number of benzene rings is 2. The van der Waals surface area contributed by atoms with Crippen LogP contribution in [-0.4, -0.2) is 46.6 Å². The maximum absolute atomic E-state index is 15.7. The molecule has 7 nitrogen and oxygen atoms in total. The van der Waals surface area contributed by atoms with E-state index in [0.29, 0.717) is 30.8 Å². The number of nitrogens with one attached hydrogen (secondary N) is 1. The van der Waals surface area contributed by atoms with Gasteiger partial charge in [0.1, 0.15) is 5.82 Å². The van der Waals surface area contributed by atoms with Gasteiger partial charge in [0.05, 0.1) is 28.6 Å². The molecule has 0 spiro atoms. The number of carbonyl (C=O) groups is 2. The summed E-state index contributed by atoms with van der Waals surface area (Å²) in [5.74, 6) is -1.01. The number of imide groups is 1. The van der Waals surface area contributed by atoms with E-state index in [0.717, 1.165) is 17.7 Å². The lowest BCUT2D eigenvalue weighted by Gasteiger charge is -2.39. The molecule has 2 aliphatic rings. The van der Waals surface area contributed by atoms with Crippen molar-refractivity contribution in [1.82, 2.24) is 15.2 Å². The van der Waals surface area contributed by atoms with E-state index in [4.69, 9.17) is 0 Å².